The Hall–Kier alpha value is -1.30. The van der Waals surface area contributed by atoms with Crippen LogP contribution < -0.4 is 9.47 Å². The number of aliphatic hydroxyl groups excluding tert-OH is 2. The minimum atomic E-state index is -0.805. The summed E-state index contributed by atoms with van der Waals surface area (Å²) in [6.45, 7) is 2.14. The summed E-state index contributed by atoms with van der Waals surface area (Å²) in [7, 11) is 0. The number of rotatable bonds is 8. The topological polar surface area (TPSA) is 68.2 Å². The van der Waals surface area contributed by atoms with Gasteiger partial charge in [0.2, 0.25) is 6.79 Å². The molecule has 1 fully saturated rings. The molecule has 0 aromatic heterocycles. The quantitative estimate of drug-likeness (QED) is 0.714. The van der Waals surface area contributed by atoms with E-state index in [0.29, 0.717) is 6.79 Å². The molecule has 4 atom stereocenters. The Labute approximate surface area is 143 Å². The van der Waals surface area contributed by atoms with Gasteiger partial charge >= 0.3 is 0 Å². The minimum absolute atomic E-state index is 0.131. The standard InChI is InChI=1S/C19H28O5/c1-13-18(20)15(19(21)24-13)8-6-4-2-3-5-7-14-9-10-16-17(11-14)23-12-22-16/h9-11,13,15,18-21H,2-8,12H2,1H3/t13-,15-,18-,19-/m0/s1. The van der Waals surface area contributed by atoms with Gasteiger partial charge in [0.15, 0.2) is 17.8 Å². The summed E-state index contributed by atoms with van der Waals surface area (Å²) in [6, 6.07) is 6.17. The zero-order valence-electron chi connectivity index (χ0n) is 14.3. The van der Waals surface area contributed by atoms with Crippen LogP contribution in [0.2, 0.25) is 0 Å². The molecule has 2 aliphatic rings. The van der Waals surface area contributed by atoms with E-state index in [-0.39, 0.29) is 12.0 Å². The first-order valence-corrected chi connectivity index (χ1v) is 9.05. The number of hydrogen-bond donors (Lipinski definition) is 2. The minimum Gasteiger partial charge on any atom is -0.454 e. The van der Waals surface area contributed by atoms with Crippen molar-refractivity contribution < 1.29 is 24.4 Å². The first kappa shape index (κ1) is 17.5. The second kappa shape index (κ2) is 8.19. The fourth-order valence-electron chi connectivity index (χ4n) is 3.57. The van der Waals surface area contributed by atoms with E-state index in [2.05, 4.69) is 12.1 Å². The first-order valence-electron chi connectivity index (χ1n) is 9.05. The molecule has 134 valence electrons. The van der Waals surface area contributed by atoms with Gasteiger partial charge in [-0.05, 0) is 43.9 Å². The lowest BCUT2D eigenvalue weighted by Crippen LogP contribution is -2.26. The molecule has 2 N–H and O–H groups in total. The molecular weight excluding hydrogens is 308 g/mol. The van der Waals surface area contributed by atoms with Crippen molar-refractivity contribution in [3.8, 4) is 11.5 Å². The van der Waals surface area contributed by atoms with Crippen LogP contribution in [0.4, 0.5) is 0 Å². The summed E-state index contributed by atoms with van der Waals surface area (Å²) in [6.07, 6.45) is 5.98. The van der Waals surface area contributed by atoms with Crippen molar-refractivity contribution in [3.63, 3.8) is 0 Å². The molecule has 0 bridgehead atoms. The molecular formula is C19H28O5. The molecule has 0 spiro atoms. The van der Waals surface area contributed by atoms with Gasteiger partial charge in [-0.2, -0.15) is 0 Å². The van der Waals surface area contributed by atoms with Gasteiger partial charge in [0.1, 0.15) is 0 Å². The van der Waals surface area contributed by atoms with Crippen LogP contribution in [0.25, 0.3) is 0 Å². The Morgan fingerprint density at radius 3 is 2.54 bits per heavy atom. The summed E-state index contributed by atoms with van der Waals surface area (Å²) >= 11 is 0. The monoisotopic (exact) mass is 336 g/mol. The van der Waals surface area contributed by atoms with Crippen molar-refractivity contribution in [1.29, 1.82) is 0 Å². The van der Waals surface area contributed by atoms with Gasteiger partial charge in [-0.1, -0.05) is 31.7 Å². The lowest BCUT2D eigenvalue weighted by molar-refractivity contribution is -0.105. The van der Waals surface area contributed by atoms with E-state index in [0.717, 1.165) is 43.6 Å². The van der Waals surface area contributed by atoms with E-state index >= 15 is 0 Å². The van der Waals surface area contributed by atoms with E-state index < -0.39 is 12.4 Å². The van der Waals surface area contributed by atoms with Crippen molar-refractivity contribution in [1.82, 2.24) is 0 Å². The Morgan fingerprint density at radius 2 is 1.75 bits per heavy atom. The lowest BCUT2D eigenvalue weighted by Gasteiger charge is -2.16. The predicted octanol–water partition coefficient (Wildman–Crippen LogP) is 3.01. The summed E-state index contributed by atoms with van der Waals surface area (Å²) < 4.78 is 16.0. The highest BCUT2D eigenvalue weighted by molar-refractivity contribution is 5.44. The molecule has 1 aromatic carbocycles. The maximum absolute atomic E-state index is 9.96. The van der Waals surface area contributed by atoms with E-state index in [1.54, 1.807) is 0 Å². The smallest absolute Gasteiger partial charge is 0.231 e. The highest BCUT2D eigenvalue weighted by Gasteiger charge is 2.39. The molecule has 2 heterocycles. The molecule has 1 saturated heterocycles. The van der Waals surface area contributed by atoms with Crippen LogP contribution in [0.1, 0.15) is 51.0 Å². The third kappa shape index (κ3) is 4.21. The van der Waals surface area contributed by atoms with Crippen molar-refractivity contribution in [2.75, 3.05) is 6.79 Å². The molecule has 0 aliphatic carbocycles. The number of aliphatic hydroxyl groups is 2. The number of unbranched alkanes of at least 4 members (excludes halogenated alkanes) is 4. The van der Waals surface area contributed by atoms with Gasteiger partial charge in [0, 0.05) is 5.92 Å². The summed E-state index contributed by atoms with van der Waals surface area (Å²) in [5.74, 6) is 1.57. The number of fused-ring (bicyclic) bond motifs is 1. The van der Waals surface area contributed by atoms with Crippen LogP contribution >= 0.6 is 0 Å². The van der Waals surface area contributed by atoms with Crippen molar-refractivity contribution in [3.05, 3.63) is 23.8 Å². The van der Waals surface area contributed by atoms with Crippen LogP contribution in [-0.4, -0.2) is 35.5 Å². The summed E-state index contributed by atoms with van der Waals surface area (Å²) in [4.78, 5) is 0. The van der Waals surface area contributed by atoms with Crippen LogP contribution in [-0.2, 0) is 11.2 Å². The second-order valence-electron chi connectivity index (χ2n) is 6.88. The lowest BCUT2D eigenvalue weighted by atomic mass is 9.94. The highest BCUT2D eigenvalue weighted by Crippen LogP contribution is 2.33. The SMILES string of the molecule is C[C@@H]1O[C@H](O)[C@@H](CCCCCCCc2ccc3c(c2)OCO3)[C@H]1O. The van der Waals surface area contributed by atoms with E-state index in [1.165, 1.54) is 18.4 Å². The van der Waals surface area contributed by atoms with Gasteiger partial charge in [-0.15, -0.1) is 0 Å². The third-order valence-electron chi connectivity index (χ3n) is 5.08. The van der Waals surface area contributed by atoms with Crippen molar-refractivity contribution >= 4 is 0 Å². The Morgan fingerprint density at radius 1 is 1.00 bits per heavy atom. The van der Waals surface area contributed by atoms with Crippen molar-refractivity contribution in [2.45, 2.75) is 70.4 Å². The summed E-state index contributed by atoms with van der Waals surface area (Å²) in [5.41, 5.74) is 1.29. The van der Waals surface area contributed by atoms with Gasteiger partial charge < -0.3 is 24.4 Å². The average molecular weight is 336 g/mol. The highest BCUT2D eigenvalue weighted by atomic mass is 16.7. The predicted molar refractivity (Wildman–Crippen MR) is 90.0 cm³/mol. The maximum atomic E-state index is 9.96. The average Bonchev–Trinajstić information content (AvgIpc) is 3.12. The maximum Gasteiger partial charge on any atom is 0.231 e. The molecule has 3 rings (SSSR count). The van der Waals surface area contributed by atoms with E-state index in [4.69, 9.17) is 14.2 Å². The fourth-order valence-corrected chi connectivity index (χ4v) is 3.57. The van der Waals surface area contributed by atoms with Crippen LogP contribution in [0.15, 0.2) is 18.2 Å². The van der Waals surface area contributed by atoms with E-state index in [9.17, 15) is 10.2 Å². The Balaban J connectivity index is 1.27. The molecule has 0 saturated carbocycles. The zero-order valence-corrected chi connectivity index (χ0v) is 14.3. The number of benzene rings is 1. The largest absolute Gasteiger partial charge is 0.454 e. The number of hydrogen-bond acceptors (Lipinski definition) is 5. The van der Waals surface area contributed by atoms with Gasteiger partial charge in [-0.25, -0.2) is 0 Å². The molecule has 2 aliphatic heterocycles. The van der Waals surface area contributed by atoms with Gasteiger partial charge in [0.25, 0.3) is 0 Å². The first-order chi connectivity index (χ1) is 11.6. The van der Waals surface area contributed by atoms with Crippen molar-refractivity contribution in [2.24, 2.45) is 5.92 Å². The zero-order chi connectivity index (χ0) is 16.9. The second-order valence-corrected chi connectivity index (χ2v) is 6.88. The third-order valence-corrected chi connectivity index (χ3v) is 5.08. The van der Waals surface area contributed by atoms with E-state index in [1.807, 2.05) is 13.0 Å². The molecule has 5 nitrogen and oxygen atoms in total. The Kier molecular flexibility index (Phi) is 5.98. The summed E-state index contributed by atoms with van der Waals surface area (Å²) in [5, 5.41) is 19.7. The molecule has 24 heavy (non-hydrogen) atoms. The Bertz CT molecular complexity index is 532. The number of ether oxygens (including phenoxy) is 3. The van der Waals surface area contributed by atoms with Crippen LogP contribution in [0.3, 0.4) is 0 Å². The normalized spacial score (nSPS) is 28.5. The van der Waals surface area contributed by atoms with Gasteiger partial charge in [-0.3, -0.25) is 0 Å². The fraction of sp³-hybridized carbons (Fsp3) is 0.684. The molecule has 5 heteroatoms. The van der Waals surface area contributed by atoms with Gasteiger partial charge in [0.05, 0.1) is 12.2 Å². The molecule has 1 aromatic rings. The van der Waals surface area contributed by atoms with Crippen LogP contribution in [0, 0.1) is 5.92 Å². The van der Waals surface area contributed by atoms with Crippen LogP contribution in [0.5, 0.6) is 11.5 Å². The molecule has 0 unspecified atom stereocenters. The molecule has 0 radical (unpaired) electrons. The number of aryl methyl sites for hydroxylation is 1. The molecule has 0 amide bonds.